The van der Waals surface area contributed by atoms with Gasteiger partial charge in [0.1, 0.15) is 6.04 Å². The van der Waals surface area contributed by atoms with Crippen LogP contribution in [0.3, 0.4) is 0 Å². The lowest BCUT2D eigenvalue weighted by atomic mass is 9.82. The number of piperidine rings is 1. The van der Waals surface area contributed by atoms with Crippen molar-refractivity contribution in [1.29, 1.82) is 0 Å². The highest BCUT2D eigenvalue weighted by molar-refractivity contribution is 6.06. The van der Waals surface area contributed by atoms with Crippen LogP contribution < -0.4 is 10.6 Å². The summed E-state index contributed by atoms with van der Waals surface area (Å²) < 4.78 is 0. The summed E-state index contributed by atoms with van der Waals surface area (Å²) in [5, 5.41) is 14.2. The van der Waals surface area contributed by atoms with Crippen LogP contribution in [-0.4, -0.2) is 52.2 Å². The fourth-order valence-corrected chi connectivity index (χ4v) is 4.65. The maximum absolute atomic E-state index is 12.9. The first-order valence-corrected chi connectivity index (χ1v) is 10.6. The van der Waals surface area contributed by atoms with Gasteiger partial charge in [-0.3, -0.25) is 29.3 Å². The monoisotopic (exact) mass is 427 g/mol. The van der Waals surface area contributed by atoms with Crippen molar-refractivity contribution < 1.29 is 29.1 Å². The molecule has 0 aromatic heterocycles. The van der Waals surface area contributed by atoms with E-state index in [9.17, 15) is 24.0 Å². The summed E-state index contributed by atoms with van der Waals surface area (Å²) in [5.74, 6) is -2.19. The van der Waals surface area contributed by atoms with Crippen molar-refractivity contribution >= 4 is 29.6 Å². The molecule has 1 unspecified atom stereocenters. The molecule has 0 spiro atoms. The summed E-state index contributed by atoms with van der Waals surface area (Å²) >= 11 is 0. The first-order valence-electron chi connectivity index (χ1n) is 10.6. The Kier molecular flexibility index (Phi) is 5.75. The van der Waals surface area contributed by atoms with E-state index >= 15 is 0 Å². The SMILES string of the molecule is O=C1CCC(N2Cc3ccc(C(=O)NCC4CCC(C(=O)O)CC4)cc3C2=O)C(=O)N1. The smallest absolute Gasteiger partial charge is 0.306 e. The maximum atomic E-state index is 12.9. The highest BCUT2D eigenvalue weighted by Crippen LogP contribution is 2.30. The van der Waals surface area contributed by atoms with Crippen LogP contribution in [0.5, 0.6) is 0 Å². The number of imide groups is 1. The Morgan fingerprint density at radius 2 is 1.84 bits per heavy atom. The number of carboxylic acids is 1. The number of carbonyl (C=O) groups excluding carboxylic acids is 4. The van der Waals surface area contributed by atoms with Crippen molar-refractivity contribution in [3.05, 3.63) is 34.9 Å². The molecule has 0 radical (unpaired) electrons. The van der Waals surface area contributed by atoms with E-state index in [4.69, 9.17) is 5.11 Å². The standard InChI is InChI=1S/C22H25N3O6/c26-18-8-7-17(20(28)24-18)25-11-15-6-5-14(9-16(15)21(25)29)19(27)23-10-12-1-3-13(4-2-12)22(30)31/h5-6,9,12-13,17H,1-4,7-8,10-11H2,(H,23,27)(H,30,31)(H,24,26,28). The molecule has 31 heavy (non-hydrogen) atoms. The second-order valence-electron chi connectivity index (χ2n) is 8.54. The lowest BCUT2D eigenvalue weighted by Gasteiger charge is -2.29. The van der Waals surface area contributed by atoms with Gasteiger partial charge in [-0.1, -0.05) is 6.07 Å². The number of amides is 4. The molecular weight excluding hydrogens is 402 g/mol. The Morgan fingerprint density at radius 3 is 2.52 bits per heavy atom. The average Bonchev–Trinajstić information content (AvgIpc) is 3.08. The van der Waals surface area contributed by atoms with Gasteiger partial charge in [-0.25, -0.2) is 0 Å². The van der Waals surface area contributed by atoms with Crippen LogP contribution in [0.1, 0.15) is 64.8 Å². The molecule has 1 saturated carbocycles. The van der Waals surface area contributed by atoms with E-state index in [1.54, 1.807) is 18.2 Å². The first kappa shape index (κ1) is 21.0. The zero-order valence-electron chi connectivity index (χ0n) is 17.1. The van der Waals surface area contributed by atoms with Gasteiger partial charge in [-0.15, -0.1) is 0 Å². The second-order valence-corrected chi connectivity index (χ2v) is 8.54. The van der Waals surface area contributed by atoms with Gasteiger partial charge < -0.3 is 15.3 Å². The van der Waals surface area contributed by atoms with Gasteiger partial charge in [-0.2, -0.15) is 0 Å². The molecule has 164 valence electrons. The quantitative estimate of drug-likeness (QED) is 0.602. The first-order chi connectivity index (χ1) is 14.8. The lowest BCUT2D eigenvalue weighted by Crippen LogP contribution is -2.52. The van der Waals surface area contributed by atoms with Gasteiger partial charge in [0.2, 0.25) is 11.8 Å². The number of aliphatic carboxylic acids is 1. The van der Waals surface area contributed by atoms with Crippen molar-refractivity contribution in [2.45, 2.75) is 51.1 Å². The summed E-state index contributed by atoms with van der Waals surface area (Å²) in [6.07, 6.45) is 3.26. The van der Waals surface area contributed by atoms with Gasteiger partial charge in [-0.05, 0) is 55.7 Å². The minimum atomic E-state index is -0.753. The Labute approximate surface area is 179 Å². The summed E-state index contributed by atoms with van der Waals surface area (Å²) in [6, 6.07) is 4.26. The maximum Gasteiger partial charge on any atom is 0.306 e. The fraction of sp³-hybridized carbons (Fsp3) is 0.500. The second kappa shape index (κ2) is 8.49. The van der Waals surface area contributed by atoms with Gasteiger partial charge in [0, 0.05) is 30.6 Å². The molecule has 3 aliphatic rings. The molecule has 9 heteroatoms. The predicted molar refractivity (Wildman–Crippen MR) is 108 cm³/mol. The molecule has 9 nitrogen and oxygen atoms in total. The topological polar surface area (TPSA) is 133 Å². The van der Waals surface area contributed by atoms with E-state index in [1.807, 2.05) is 0 Å². The molecule has 0 bridgehead atoms. The van der Waals surface area contributed by atoms with E-state index in [0.29, 0.717) is 36.9 Å². The Balaban J connectivity index is 1.36. The van der Waals surface area contributed by atoms with Crippen LogP contribution in [0.2, 0.25) is 0 Å². The molecule has 1 aliphatic carbocycles. The summed E-state index contributed by atoms with van der Waals surface area (Å²) in [5.41, 5.74) is 1.52. The third kappa shape index (κ3) is 4.30. The average molecular weight is 427 g/mol. The molecular formula is C22H25N3O6. The fourth-order valence-electron chi connectivity index (χ4n) is 4.65. The largest absolute Gasteiger partial charge is 0.481 e. The summed E-state index contributed by atoms with van der Waals surface area (Å²) in [7, 11) is 0. The number of fused-ring (bicyclic) bond motifs is 1. The molecule has 2 aliphatic heterocycles. The van der Waals surface area contributed by atoms with Crippen LogP contribution in [0.25, 0.3) is 0 Å². The molecule has 1 aromatic rings. The molecule has 2 fully saturated rings. The Bertz CT molecular complexity index is 951. The normalized spacial score (nSPS) is 25.7. The van der Waals surface area contributed by atoms with Crippen LogP contribution in [0.15, 0.2) is 18.2 Å². The molecule has 1 saturated heterocycles. The minimum Gasteiger partial charge on any atom is -0.481 e. The van der Waals surface area contributed by atoms with Crippen LogP contribution in [0.4, 0.5) is 0 Å². The lowest BCUT2D eigenvalue weighted by molar-refractivity contribution is -0.143. The van der Waals surface area contributed by atoms with Crippen molar-refractivity contribution in [2.24, 2.45) is 11.8 Å². The summed E-state index contributed by atoms with van der Waals surface area (Å²) in [6.45, 7) is 0.744. The molecule has 4 rings (SSSR count). The molecule has 1 atom stereocenters. The molecule has 1 aromatic carbocycles. The van der Waals surface area contributed by atoms with Gasteiger partial charge in [0.05, 0.1) is 5.92 Å². The van der Waals surface area contributed by atoms with E-state index in [1.165, 1.54) is 4.90 Å². The number of hydrogen-bond donors (Lipinski definition) is 3. The number of benzene rings is 1. The van der Waals surface area contributed by atoms with Gasteiger partial charge in [0.25, 0.3) is 11.8 Å². The van der Waals surface area contributed by atoms with Crippen LogP contribution >= 0.6 is 0 Å². The molecule has 2 heterocycles. The van der Waals surface area contributed by atoms with Crippen molar-refractivity contribution in [1.82, 2.24) is 15.5 Å². The number of carbonyl (C=O) groups is 5. The number of nitrogens with one attached hydrogen (secondary N) is 2. The van der Waals surface area contributed by atoms with Crippen molar-refractivity contribution in [3.8, 4) is 0 Å². The zero-order chi connectivity index (χ0) is 22.1. The number of rotatable bonds is 5. The molecule has 4 amide bonds. The molecule has 3 N–H and O–H groups in total. The van der Waals surface area contributed by atoms with E-state index in [0.717, 1.165) is 18.4 Å². The van der Waals surface area contributed by atoms with Crippen molar-refractivity contribution in [3.63, 3.8) is 0 Å². The highest BCUT2D eigenvalue weighted by atomic mass is 16.4. The van der Waals surface area contributed by atoms with E-state index in [2.05, 4.69) is 10.6 Å². The van der Waals surface area contributed by atoms with Gasteiger partial charge in [0.15, 0.2) is 0 Å². The zero-order valence-corrected chi connectivity index (χ0v) is 17.1. The van der Waals surface area contributed by atoms with Crippen LogP contribution in [-0.2, 0) is 20.9 Å². The van der Waals surface area contributed by atoms with Gasteiger partial charge >= 0.3 is 5.97 Å². The summed E-state index contributed by atoms with van der Waals surface area (Å²) in [4.78, 5) is 61.5. The Morgan fingerprint density at radius 1 is 1.10 bits per heavy atom. The third-order valence-corrected chi connectivity index (χ3v) is 6.54. The highest BCUT2D eigenvalue weighted by Gasteiger charge is 2.39. The van der Waals surface area contributed by atoms with E-state index < -0.39 is 17.9 Å². The van der Waals surface area contributed by atoms with Crippen molar-refractivity contribution in [2.75, 3.05) is 6.54 Å². The van der Waals surface area contributed by atoms with Crippen LogP contribution in [0, 0.1) is 11.8 Å². The number of carboxylic acid groups (broad SMARTS) is 1. The Hall–Kier alpha value is -3.23. The predicted octanol–water partition coefficient (Wildman–Crippen LogP) is 1.07. The number of hydrogen-bond acceptors (Lipinski definition) is 5. The third-order valence-electron chi connectivity index (χ3n) is 6.54. The minimum absolute atomic E-state index is 0.193. The number of nitrogens with zero attached hydrogens (tertiary/aromatic N) is 1. The van der Waals surface area contributed by atoms with E-state index in [-0.39, 0.29) is 42.5 Å².